The van der Waals surface area contributed by atoms with Gasteiger partial charge in [-0.3, -0.25) is 47.9 Å². The minimum atomic E-state index is -1.70. The summed E-state index contributed by atoms with van der Waals surface area (Å²) in [7, 11) is 0. The quantitative estimate of drug-likeness (QED) is 0.0348. The lowest BCUT2D eigenvalue weighted by Gasteiger charge is -2.25. The summed E-state index contributed by atoms with van der Waals surface area (Å²) < 4.78 is 0. The van der Waals surface area contributed by atoms with Crippen LogP contribution in [0.25, 0.3) is 0 Å². The molecule has 0 aliphatic rings. The van der Waals surface area contributed by atoms with Crippen LogP contribution in [0.4, 0.5) is 0 Å². The Balaban J connectivity index is 2.95. The molecule has 0 radical (unpaired) electrons. The molecule has 0 aliphatic carbocycles. The molecule has 0 unspecified atom stereocenters. The molecule has 0 saturated heterocycles. The molecular formula is C34H54N12O14S2. The molecule has 0 fully saturated rings. The molecule has 0 bridgehead atoms. The molecule has 9 atom stereocenters. The number of aliphatic hydroxyl groups excluding tert-OH is 1. The second-order valence-electron chi connectivity index (χ2n) is 13.7. The maximum Gasteiger partial charge on any atom is 0.327 e. The number of aliphatic hydroxyl groups is 1. The number of nitrogens with one attached hydrogen (secondary N) is 9. The number of aliphatic carboxylic acids is 2. The third-order valence-electron chi connectivity index (χ3n) is 8.61. The monoisotopic (exact) mass is 918 g/mol. The van der Waals surface area contributed by atoms with E-state index in [1.54, 1.807) is 0 Å². The first-order chi connectivity index (χ1) is 29.0. The van der Waals surface area contributed by atoms with Crippen LogP contribution in [0.3, 0.4) is 0 Å². The lowest BCUT2D eigenvalue weighted by molar-refractivity contribution is -0.141. The van der Waals surface area contributed by atoms with Crippen molar-refractivity contribution in [2.75, 3.05) is 18.1 Å². The predicted octanol–water partition coefficient (Wildman–Crippen LogP) is -6.72. The fraction of sp³-hybridized carbons (Fsp3) is 0.588. The summed E-state index contributed by atoms with van der Waals surface area (Å²) in [5, 5.41) is 46.6. The minimum absolute atomic E-state index is 0.0640. The van der Waals surface area contributed by atoms with E-state index in [9.17, 15) is 68.1 Å². The Bertz CT molecular complexity index is 1770. The zero-order valence-electron chi connectivity index (χ0n) is 33.8. The van der Waals surface area contributed by atoms with E-state index in [-0.39, 0.29) is 30.8 Å². The Morgan fingerprint density at radius 3 is 1.48 bits per heavy atom. The Morgan fingerprint density at radius 2 is 1.03 bits per heavy atom. The number of thiol groups is 2. The SMILES string of the molecule is C[C@H](NC(=O)[C@H](C)NC(=O)[C@H](CO)NC(=O)[C@H](C)NC(=O)[C@H](CCC(=O)O)NC(=O)[C@H](Cc1cnc[nH]1)NC(=O)[C@@H](N)CS)C(=O)N[C@@H](CCC(N)=O)C(=O)N[C@@H](CS)C(=O)O. The van der Waals surface area contributed by atoms with Gasteiger partial charge in [-0.05, 0) is 33.6 Å². The molecule has 0 aliphatic heterocycles. The van der Waals surface area contributed by atoms with E-state index in [1.165, 1.54) is 33.3 Å². The number of carbonyl (C=O) groups is 11. The molecule has 1 rings (SSSR count). The third kappa shape index (κ3) is 19.1. The van der Waals surface area contributed by atoms with Gasteiger partial charge in [-0.25, -0.2) is 9.78 Å². The Morgan fingerprint density at radius 1 is 0.613 bits per heavy atom. The highest BCUT2D eigenvalue weighted by Gasteiger charge is 2.33. The zero-order valence-corrected chi connectivity index (χ0v) is 35.6. The molecule has 0 saturated carbocycles. The Hall–Kier alpha value is -6.00. The molecule has 9 amide bonds. The number of aromatic nitrogens is 2. The van der Waals surface area contributed by atoms with Gasteiger partial charge in [0.25, 0.3) is 0 Å². The number of carboxylic acid groups (broad SMARTS) is 2. The summed E-state index contributed by atoms with van der Waals surface area (Å²) in [5.41, 5.74) is 11.3. The summed E-state index contributed by atoms with van der Waals surface area (Å²) in [6, 6.07) is -12.8. The molecule has 1 heterocycles. The molecule has 1 aromatic heterocycles. The van der Waals surface area contributed by atoms with Crippen molar-refractivity contribution in [3.8, 4) is 0 Å². The molecular weight excluding hydrogens is 865 g/mol. The molecule has 0 spiro atoms. The van der Waals surface area contributed by atoms with Gasteiger partial charge in [-0.2, -0.15) is 25.3 Å². The molecule has 62 heavy (non-hydrogen) atoms. The van der Waals surface area contributed by atoms with E-state index < -0.39 is 139 Å². The first-order valence-electron chi connectivity index (χ1n) is 18.8. The first-order valence-corrected chi connectivity index (χ1v) is 20.0. The standard InChI is InChI=1S/C34H54N12O14S2/c1-14(26(51)39-15(2)27(52)42-19(4-6-24(36)48)31(56)46-23(12-62)34(59)60)41-33(58)22(10-47)45-28(53)16(3)40-30(55)20(5-7-25(49)50)43-32(57)21(8-17-9-37-13-38-17)44-29(54)18(35)11-61/h9,13-16,18-23,47,61-62H,4-8,10-12,35H2,1-3H3,(H2,36,48)(H,37,38)(H,39,51)(H,40,55)(H,41,58)(H,42,52)(H,43,57)(H,44,54)(H,45,53)(H,46,56)(H,49,50)(H,59,60)/t14-,15-,16-,18-,19-,20-,21-,22-,23-/m0/s1. The van der Waals surface area contributed by atoms with Crippen molar-refractivity contribution in [1.29, 1.82) is 0 Å². The van der Waals surface area contributed by atoms with Crippen molar-refractivity contribution < 1.29 is 68.1 Å². The Kier molecular flexibility index (Phi) is 23.6. The van der Waals surface area contributed by atoms with Gasteiger partial charge in [0.15, 0.2) is 0 Å². The van der Waals surface area contributed by atoms with Gasteiger partial charge in [0.05, 0.1) is 19.0 Å². The molecule has 0 aromatic carbocycles. The number of carbonyl (C=O) groups excluding carboxylic acids is 9. The number of imidazole rings is 1. The van der Waals surface area contributed by atoms with Crippen molar-refractivity contribution in [3.63, 3.8) is 0 Å². The smallest absolute Gasteiger partial charge is 0.327 e. The molecule has 28 heteroatoms. The number of primary amides is 1. The molecule has 1 aromatic rings. The van der Waals surface area contributed by atoms with Gasteiger partial charge in [0.2, 0.25) is 53.2 Å². The van der Waals surface area contributed by atoms with Crippen LogP contribution in [0.2, 0.25) is 0 Å². The number of hydrogen-bond donors (Lipinski definition) is 16. The molecule has 346 valence electrons. The van der Waals surface area contributed by atoms with Crippen molar-refractivity contribution in [2.45, 2.75) is 107 Å². The van der Waals surface area contributed by atoms with Crippen LogP contribution in [0.15, 0.2) is 12.5 Å². The highest BCUT2D eigenvalue weighted by molar-refractivity contribution is 7.80. The van der Waals surface area contributed by atoms with Crippen LogP contribution in [0, 0.1) is 0 Å². The van der Waals surface area contributed by atoms with Crippen LogP contribution in [-0.2, 0) is 59.2 Å². The van der Waals surface area contributed by atoms with Crippen LogP contribution in [-0.4, -0.2) is 163 Å². The van der Waals surface area contributed by atoms with Crippen molar-refractivity contribution in [1.82, 2.24) is 52.5 Å². The molecule has 26 nitrogen and oxygen atoms in total. The number of hydrogen-bond acceptors (Lipinski definition) is 16. The topological polar surface area (TPSA) is 425 Å². The second kappa shape index (κ2) is 27.1. The van der Waals surface area contributed by atoms with Gasteiger partial charge < -0.3 is 74.3 Å². The summed E-state index contributed by atoms with van der Waals surface area (Å²) in [6.07, 6.45) is 0.800. The maximum atomic E-state index is 13.4. The van der Waals surface area contributed by atoms with Crippen LogP contribution < -0.4 is 54.0 Å². The van der Waals surface area contributed by atoms with Crippen molar-refractivity contribution in [2.24, 2.45) is 11.5 Å². The second-order valence-corrected chi connectivity index (χ2v) is 14.4. The summed E-state index contributed by atoms with van der Waals surface area (Å²) >= 11 is 7.82. The van der Waals surface area contributed by atoms with Crippen molar-refractivity contribution >= 4 is 90.4 Å². The van der Waals surface area contributed by atoms with E-state index in [4.69, 9.17) is 11.5 Å². The summed E-state index contributed by atoms with van der Waals surface area (Å²) in [6.45, 7) is 2.56. The zero-order chi connectivity index (χ0) is 47.3. The number of nitrogens with zero attached hydrogens (tertiary/aromatic N) is 1. The van der Waals surface area contributed by atoms with Crippen LogP contribution >= 0.6 is 25.3 Å². The fourth-order valence-corrected chi connectivity index (χ4v) is 5.37. The highest BCUT2D eigenvalue weighted by atomic mass is 32.1. The minimum Gasteiger partial charge on any atom is -0.481 e. The number of amides is 9. The third-order valence-corrected chi connectivity index (χ3v) is 9.36. The highest BCUT2D eigenvalue weighted by Crippen LogP contribution is 2.06. The van der Waals surface area contributed by atoms with E-state index in [0.717, 1.165) is 0 Å². The number of H-pyrrole nitrogens is 1. The first kappa shape index (κ1) is 54.0. The van der Waals surface area contributed by atoms with E-state index in [1.807, 2.05) is 0 Å². The van der Waals surface area contributed by atoms with Gasteiger partial charge >= 0.3 is 11.9 Å². The average molecular weight is 919 g/mol. The number of aromatic amines is 1. The van der Waals surface area contributed by atoms with Gasteiger partial charge in [-0.15, -0.1) is 0 Å². The molecule has 16 N–H and O–H groups in total. The van der Waals surface area contributed by atoms with Crippen LogP contribution in [0.5, 0.6) is 0 Å². The number of rotatable bonds is 28. The fourth-order valence-electron chi connectivity index (χ4n) is 4.96. The van der Waals surface area contributed by atoms with Gasteiger partial charge in [-0.1, -0.05) is 0 Å². The number of nitrogens with two attached hydrogens (primary N) is 2. The largest absolute Gasteiger partial charge is 0.481 e. The van der Waals surface area contributed by atoms with E-state index in [2.05, 4.69) is 77.8 Å². The number of carboxylic acids is 2. The lowest BCUT2D eigenvalue weighted by Crippen LogP contribution is -2.60. The summed E-state index contributed by atoms with van der Waals surface area (Å²) in [5.74, 6) is -11.6. The van der Waals surface area contributed by atoms with Crippen molar-refractivity contribution in [3.05, 3.63) is 18.2 Å². The summed E-state index contributed by atoms with van der Waals surface area (Å²) in [4.78, 5) is 144. The van der Waals surface area contributed by atoms with Gasteiger partial charge in [0, 0.05) is 42.7 Å². The van der Waals surface area contributed by atoms with Crippen LogP contribution in [0.1, 0.15) is 52.1 Å². The van der Waals surface area contributed by atoms with Gasteiger partial charge in [0.1, 0.15) is 48.3 Å². The lowest BCUT2D eigenvalue weighted by atomic mass is 10.1. The predicted molar refractivity (Wildman–Crippen MR) is 220 cm³/mol. The average Bonchev–Trinajstić information content (AvgIpc) is 3.73. The van der Waals surface area contributed by atoms with E-state index in [0.29, 0.717) is 5.69 Å². The van der Waals surface area contributed by atoms with E-state index >= 15 is 0 Å². The normalized spacial score (nSPS) is 15.2. The maximum absolute atomic E-state index is 13.4. The Labute approximate surface area is 365 Å².